The highest BCUT2D eigenvalue weighted by molar-refractivity contribution is 6.64. The highest BCUT2D eigenvalue weighted by Gasteiger charge is 2.17. The molecular weight excluding hydrogens is 247 g/mol. The molecule has 1 heterocycles. The summed E-state index contributed by atoms with van der Waals surface area (Å²) in [5.74, 6) is 0. The highest BCUT2D eigenvalue weighted by atomic mass is 35.5. The molecule has 1 saturated heterocycles. The minimum Gasteiger partial charge on any atom is -0.378 e. The van der Waals surface area contributed by atoms with Gasteiger partial charge in [-0.15, -0.1) is 12.4 Å². The molecule has 0 N–H and O–H groups in total. The van der Waals surface area contributed by atoms with Crippen molar-refractivity contribution in [1.29, 1.82) is 0 Å². The Labute approximate surface area is 109 Å². The standard InChI is InChI=1S/C11H19ClN2O.ClH/c12-11(14-6-8-15-9-7-14)13-10-4-2-1-3-5-10;/h10H,1-9H2;1H/b13-11+;. The van der Waals surface area contributed by atoms with Gasteiger partial charge >= 0.3 is 0 Å². The van der Waals surface area contributed by atoms with Crippen LogP contribution in [0.3, 0.4) is 0 Å². The zero-order valence-electron chi connectivity index (χ0n) is 9.53. The summed E-state index contributed by atoms with van der Waals surface area (Å²) in [6.45, 7) is 3.32. The first-order valence-electron chi connectivity index (χ1n) is 5.92. The number of morpholine rings is 1. The zero-order valence-corrected chi connectivity index (χ0v) is 11.1. The van der Waals surface area contributed by atoms with Crippen LogP contribution in [0.15, 0.2) is 4.99 Å². The summed E-state index contributed by atoms with van der Waals surface area (Å²) in [6.07, 6.45) is 6.39. The molecule has 2 fully saturated rings. The van der Waals surface area contributed by atoms with Gasteiger partial charge in [-0.25, -0.2) is 0 Å². The van der Waals surface area contributed by atoms with E-state index in [1.165, 1.54) is 32.1 Å². The molecule has 1 saturated carbocycles. The van der Waals surface area contributed by atoms with Crippen LogP contribution in [0.4, 0.5) is 0 Å². The summed E-state index contributed by atoms with van der Waals surface area (Å²) in [6, 6.07) is 0.467. The van der Waals surface area contributed by atoms with Crippen LogP contribution >= 0.6 is 24.0 Å². The number of ether oxygens (including phenoxy) is 1. The zero-order chi connectivity index (χ0) is 10.5. The van der Waals surface area contributed by atoms with Gasteiger partial charge in [-0.2, -0.15) is 0 Å². The minimum absolute atomic E-state index is 0. The van der Waals surface area contributed by atoms with Crippen LogP contribution in [0.5, 0.6) is 0 Å². The van der Waals surface area contributed by atoms with Crippen LogP contribution < -0.4 is 0 Å². The number of hydrogen-bond acceptors (Lipinski definition) is 2. The van der Waals surface area contributed by atoms with Gasteiger partial charge in [-0.1, -0.05) is 19.3 Å². The molecule has 1 aliphatic heterocycles. The van der Waals surface area contributed by atoms with Crippen molar-refractivity contribution in [2.45, 2.75) is 38.1 Å². The van der Waals surface area contributed by atoms with Crippen molar-refractivity contribution in [1.82, 2.24) is 4.90 Å². The summed E-state index contributed by atoms with van der Waals surface area (Å²) in [7, 11) is 0. The van der Waals surface area contributed by atoms with E-state index >= 15 is 0 Å². The Morgan fingerprint density at radius 2 is 1.75 bits per heavy atom. The van der Waals surface area contributed by atoms with Crippen molar-refractivity contribution >= 4 is 29.3 Å². The van der Waals surface area contributed by atoms with Gasteiger partial charge in [0.1, 0.15) is 0 Å². The lowest BCUT2D eigenvalue weighted by Gasteiger charge is -2.28. The molecule has 0 aromatic carbocycles. The number of amidine groups is 1. The quantitative estimate of drug-likeness (QED) is 0.414. The monoisotopic (exact) mass is 266 g/mol. The van der Waals surface area contributed by atoms with E-state index in [2.05, 4.69) is 9.89 Å². The van der Waals surface area contributed by atoms with E-state index in [9.17, 15) is 0 Å². The first-order chi connectivity index (χ1) is 7.36. The Hall–Kier alpha value is 0.01000. The van der Waals surface area contributed by atoms with Gasteiger partial charge in [0.2, 0.25) is 0 Å². The van der Waals surface area contributed by atoms with Crippen molar-refractivity contribution in [3.8, 4) is 0 Å². The SMILES string of the molecule is Cl.Cl/C(=N\C1CCCCC1)N1CCOCC1. The molecule has 0 aromatic heterocycles. The third kappa shape index (κ3) is 4.11. The number of nitrogens with zero attached hydrogens (tertiary/aromatic N) is 2. The Morgan fingerprint density at radius 1 is 1.12 bits per heavy atom. The Kier molecular flexibility index (Phi) is 6.47. The molecule has 0 bridgehead atoms. The van der Waals surface area contributed by atoms with E-state index < -0.39 is 0 Å². The molecule has 94 valence electrons. The van der Waals surface area contributed by atoms with Crippen molar-refractivity contribution in [2.75, 3.05) is 26.3 Å². The van der Waals surface area contributed by atoms with E-state index in [0.29, 0.717) is 11.3 Å². The maximum atomic E-state index is 6.21. The van der Waals surface area contributed by atoms with E-state index in [1.54, 1.807) is 0 Å². The molecule has 0 atom stereocenters. The molecule has 1 aliphatic carbocycles. The highest BCUT2D eigenvalue weighted by Crippen LogP contribution is 2.21. The lowest BCUT2D eigenvalue weighted by atomic mass is 9.96. The first kappa shape index (κ1) is 14.1. The summed E-state index contributed by atoms with van der Waals surface area (Å²) < 4.78 is 5.28. The van der Waals surface area contributed by atoms with Gasteiger partial charge in [0.15, 0.2) is 5.29 Å². The number of hydrogen-bond donors (Lipinski definition) is 0. The van der Waals surface area contributed by atoms with E-state index in [4.69, 9.17) is 16.3 Å². The molecule has 0 spiro atoms. The van der Waals surface area contributed by atoms with Crippen LogP contribution in [0, 0.1) is 0 Å². The van der Waals surface area contributed by atoms with Crippen molar-refractivity contribution < 1.29 is 4.74 Å². The van der Waals surface area contributed by atoms with Crippen LogP contribution in [0.2, 0.25) is 0 Å². The average Bonchev–Trinajstić information content (AvgIpc) is 2.31. The fourth-order valence-electron chi connectivity index (χ4n) is 2.19. The molecule has 2 rings (SSSR count). The maximum absolute atomic E-state index is 6.21. The molecule has 0 unspecified atom stereocenters. The smallest absolute Gasteiger partial charge is 0.194 e. The normalized spacial score (nSPS) is 24.1. The predicted octanol–water partition coefficient (Wildman–Crippen LogP) is 2.67. The average molecular weight is 267 g/mol. The van der Waals surface area contributed by atoms with Gasteiger partial charge in [-0.05, 0) is 24.4 Å². The number of rotatable bonds is 1. The lowest BCUT2D eigenvalue weighted by Crippen LogP contribution is -2.39. The number of halogens is 2. The summed E-state index contributed by atoms with van der Waals surface area (Å²) in [5.41, 5.74) is 0. The third-order valence-electron chi connectivity index (χ3n) is 3.14. The molecule has 16 heavy (non-hydrogen) atoms. The molecule has 2 aliphatic rings. The molecule has 0 amide bonds. The first-order valence-corrected chi connectivity index (χ1v) is 6.30. The summed E-state index contributed by atoms with van der Waals surface area (Å²) in [5, 5.41) is 0.699. The van der Waals surface area contributed by atoms with E-state index in [-0.39, 0.29) is 12.4 Å². The minimum atomic E-state index is 0. The van der Waals surface area contributed by atoms with Crippen molar-refractivity contribution in [2.24, 2.45) is 4.99 Å². The summed E-state index contributed by atoms with van der Waals surface area (Å²) in [4.78, 5) is 6.74. The second-order valence-corrected chi connectivity index (χ2v) is 4.63. The van der Waals surface area contributed by atoms with Crippen LogP contribution in [0.1, 0.15) is 32.1 Å². The van der Waals surface area contributed by atoms with E-state index in [1.807, 2.05) is 0 Å². The Bertz CT molecular complexity index is 224. The maximum Gasteiger partial charge on any atom is 0.194 e. The van der Waals surface area contributed by atoms with Gasteiger partial charge in [0, 0.05) is 13.1 Å². The van der Waals surface area contributed by atoms with Crippen molar-refractivity contribution in [3.05, 3.63) is 0 Å². The van der Waals surface area contributed by atoms with Crippen LogP contribution in [-0.4, -0.2) is 42.5 Å². The van der Waals surface area contributed by atoms with Crippen LogP contribution in [-0.2, 0) is 4.74 Å². The van der Waals surface area contributed by atoms with E-state index in [0.717, 1.165) is 26.3 Å². The topological polar surface area (TPSA) is 24.8 Å². The molecule has 0 aromatic rings. The third-order valence-corrected chi connectivity index (χ3v) is 3.47. The fraction of sp³-hybridized carbons (Fsp3) is 0.909. The van der Waals surface area contributed by atoms with Crippen molar-refractivity contribution in [3.63, 3.8) is 0 Å². The predicted molar refractivity (Wildman–Crippen MR) is 69.8 cm³/mol. The summed E-state index contributed by atoms with van der Waals surface area (Å²) >= 11 is 6.21. The van der Waals surface area contributed by atoms with Gasteiger partial charge in [-0.3, -0.25) is 4.99 Å². The molecular formula is C11H20Cl2N2O. The molecule has 0 radical (unpaired) electrons. The lowest BCUT2D eigenvalue weighted by molar-refractivity contribution is 0.0689. The number of aliphatic imine (C=N–C) groups is 1. The van der Waals surface area contributed by atoms with Crippen LogP contribution in [0.25, 0.3) is 0 Å². The van der Waals surface area contributed by atoms with Gasteiger partial charge in [0.25, 0.3) is 0 Å². The second-order valence-electron chi connectivity index (χ2n) is 4.29. The Morgan fingerprint density at radius 3 is 2.38 bits per heavy atom. The van der Waals surface area contributed by atoms with Gasteiger partial charge < -0.3 is 9.64 Å². The second kappa shape index (κ2) is 7.36. The Balaban J connectivity index is 0.00000128. The fourth-order valence-corrected chi connectivity index (χ4v) is 2.50. The molecule has 5 heteroatoms. The van der Waals surface area contributed by atoms with Gasteiger partial charge in [0.05, 0.1) is 19.3 Å². The molecule has 3 nitrogen and oxygen atoms in total. The largest absolute Gasteiger partial charge is 0.378 e.